The van der Waals surface area contributed by atoms with E-state index in [1.807, 2.05) is 24.4 Å². The Hall–Kier alpha value is -2.94. The number of hydrogen-bond acceptors (Lipinski definition) is 3. The maximum Gasteiger partial charge on any atom is 0.150 e. The highest BCUT2D eigenvalue weighted by Crippen LogP contribution is 2.29. The Kier molecular flexibility index (Phi) is 3.83. The fourth-order valence-electron chi connectivity index (χ4n) is 3.30. The predicted molar refractivity (Wildman–Crippen MR) is 99.9 cm³/mol. The third-order valence-corrected chi connectivity index (χ3v) is 4.45. The number of aryl methyl sites for hydroxylation is 2. The SMILES string of the molecule is Nc1nc2ccccc2c2c(CCCc3ccccc3)ccnc12. The number of nitrogen functional groups attached to an aromatic ring is 1. The summed E-state index contributed by atoms with van der Waals surface area (Å²) in [6.45, 7) is 0. The molecule has 4 rings (SSSR count). The molecule has 2 aromatic heterocycles. The van der Waals surface area contributed by atoms with E-state index in [-0.39, 0.29) is 0 Å². The summed E-state index contributed by atoms with van der Waals surface area (Å²) in [5.41, 5.74) is 10.5. The van der Waals surface area contributed by atoms with Crippen molar-refractivity contribution >= 4 is 27.6 Å². The number of aromatic nitrogens is 2. The number of pyridine rings is 2. The minimum Gasteiger partial charge on any atom is -0.382 e. The molecule has 0 unspecified atom stereocenters. The molecule has 2 aromatic carbocycles. The number of para-hydroxylation sites is 1. The molecule has 0 spiro atoms. The molecule has 0 fully saturated rings. The van der Waals surface area contributed by atoms with E-state index >= 15 is 0 Å². The van der Waals surface area contributed by atoms with Gasteiger partial charge in [-0.1, -0.05) is 48.5 Å². The first-order valence-electron chi connectivity index (χ1n) is 8.28. The highest BCUT2D eigenvalue weighted by molar-refractivity contribution is 6.09. The molecule has 24 heavy (non-hydrogen) atoms. The van der Waals surface area contributed by atoms with E-state index in [9.17, 15) is 0 Å². The van der Waals surface area contributed by atoms with Gasteiger partial charge in [-0.25, -0.2) is 4.98 Å². The monoisotopic (exact) mass is 313 g/mol. The Morgan fingerprint density at radius 3 is 2.50 bits per heavy atom. The van der Waals surface area contributed by atoms with Crippen LogP contribution in [0.5, 0.6) is 0 Å². The lowest BCUT2D eigenvalue weighted by Crippen LogP contribution is -1.99. The van der Waals surface area contributed by atoms with Crippen molar-refractivity contribution in [2.24, 2.45) is 0 Å². The third-order valence-electron chi connectivity index (χ3n) is 4.45. The van der Waals surface area contributed by atoms with Crippen LogP contribution in [0.3, 0.4) is 0 Å². The molecule has 0 aliphatic heterocycles. The van der Waals surface area contributed by atoms with Gasteiger partial charge in [0.1, 0.15) is 5.52 Å². The third kappa shape index (κ3) is 2.69. The second kappa shape index (κ2) is 6.28. The van der Waals surface area contributed by atoms with E-state index in [2.05, 4.69) is 52.4 Å². The van der Waals surface area contributed by atoms with Gasteiger partial charge in [-0.05, 0) is 42.5 Å². The predicted octanol–water partition coefficient (Wildman–Crippen LogP) is 4.54. The number of nitrogens with zero attached hydrogens (tertiary/aromatic N) is 2. The number of hydrogen-bond donors (Lipinski definition) is 1. The normalized spacial score (nSPS) is 11.2. The first kappa shape index (κ1) is 14.6. The first-order valence-corrected chi connectivity index (χ1v) is 8.28. The molecule has 118 valence electrons. The first-order chi connectivity index (χ1) is 11.8. The number of rotatable bonds is 4. The Bertz CT molecular complexity index is 994. The maximum absolute atomic E-state index is 6.14. The summed E-state index contributed by atoms with van der Waals surface area (Å²) in [6, 6.07) is 20.9. The molecule has 0 saturated heterocycles. The molecular weight excluding hydrogens is 294 g/mol. The quantitative estimate of drug-likeness (QED) is 0.563. The summed E-state index contributed by atoms with van der Waals surface area (Å²) >= 11 is 0. The topological polar surface area (TPSA) is 51.8 Å². The molecule has 3 nitrogen and oxygen atoms in total. The van der Waals surface area contributed by atoms with Crippen LogP contribution < -0.4 is 5.73 Å². The van der Waals surface area contributed by atoms with Crippen molar-refractivity contribution in [1.82, 2.24) is 9.97 Å². The summed E-state index contributed by atoms with van der Waals surface area (Å²) in [4.78, 5) is 8.96. The lowest BCUT2D eigenvalue weighted by atomic mass is 9.99. The molecule has 0 amide bonds. The van der Waals surface area contributed by atoms with E-state index in [1.54, 1.807) is 0 Å². The van der Waals surface area contributed by atoms with Crippen LogP contribution in [-0.4, -0.2) is 9.97 Å². The molecule has 0 bridgehead atoms. The number of nitrogens with two attached hydrogens (primary N) is 1. The molecule has 0 atom stereocenters. The Labute approximate surface area is 141 Å². The zero-order chi connectivity index (χ0) is 16.4. The second-order valence-corrected chi connectivity index (χ2v) is 6.05. The molecule has 3 heteroatoms. The van der Waals surface area contributed by atoms with Crippen molar-refractivity contribution in [2.75, 3.05) is 5.73 Å². The minimum atomic E-state index is 0.508. The van der Waals surface area contributed by atoms with Gasteiger partial charge in [-0.2, -0.15) is 0 Å². The second-order valence-electron chi connectivity index (χ2n) is 6.05. The fourth-order valence-corrected chi connectivity index (χ4v) is 3.30. The van der Waals surface area contributed by atoms with Gasteiger partial charge in [0, 0.05) is 17.0 Å². The van der Waals surface area contributed by atoms with Crippen molar-refractivity contribution < 1.29 is 0 Å². The van der Waals surface area contributed by atoms with Crippen LogP contribution in [-0.2, 0) is 12.8 Å². The number of benzene rings is 2. The summed E-state index contributed by atoms with van der Waals surface area (Å²) in [7, 11) is 0. The summed E-state index contributed by atoms with van der Waals surface area (Å²) in [5, 5.41) is 2.28. The average molecular weight is 313 g/mol. The van der Waals surface area contributed by atoms with Crippen molar-refractivity contribution in [3.8, 4) is 0 Å². The molecule has 0 aliphatic carbocycles. The van der Waals surface area contributed by atoms with Crippen molar-refractivity contribution in [3.63, 3.8) is 0 Å². The Morgan fingerprint density at radius 1 is 0.833 bits per heavy atom. The summed E-state index contributed by atoms with van der Waals surface area (Å²) in [5.74, 6) is 0.508. The molecule has 0 aliphatic rings. The van der Waals surface area contributed by atoms with Crippen LogP contribution in [0.15, 0.2) is 66.9 Å². The van der Waals surface area contributed by atoms with E-state index < -0.39 is 0 Å². The summed E-state index contributed by atoms with van der Waals surface area (Å²) in [6.07, 6.45) is 5.01. The van der Waals surface area contributed by atoms with E-state index in [4.69, 9.17) is 5.73 Å². The zero-order valence-electron chi connectivity index (χ0n) is 13.4. The molecular formula is C21H19N3. The van der Waals surface area contributed by atoms with Gasteiger partial charge in [0.15, 0.2) is 5.82 Å². The van der Waals surface area contributed by atoms with Crippen LogP contribution >= 0.6 is 0 Å². The molecule has 2 heterocycles. The lowest BCUT2D eigenvalue weighted by molar-refractivity contribution is 0.824. The van der Waals surface area contributed by atoms with Gasteiger partial charge in [-0.3, -0.25) is 4.98 Å². The van der Waals surface area contributed by atoms with Gasteiger partial charge in [0.2, 0.25) is 0 Å². The van der Waals surface area contributed by atoms with Crippen LogP contribution in [0, 0.1) is 0 Å². The molecule has 0 saturated carbocycles. The largest absolute Gasteiger partial charge is 0.382 e. The fraction of sp³-hybridized carbons (Fsp3) is 0.143. The van der Waals surface area contributed by atoms with Gasteiger partial charge < -0.3 is 5.73 Å². The van der Waals surface area contributed by atoms with Gasteiger partial charge in [-0.15, -0.1) is 0 Å². The van der Waals surface area contributed by atoms with E-state index in [1.165, 1.54) is 11.1 Å². The van der Waals surface area contributed by atoms with Crippen molar-refractivity contribution in [1.29, 1.82) is 0 Å². The van der Waals surface area contributed by atoms with Crippen molar-refractivity contribution in [3.05, 3.63) is 78.0 Å². The number of fused-ring (bicyclic) bond motifs is 3. The highest BCUT2D eigenvalue weighted by Gasteiger charge is 2.11. The summed E-state index contributed by atoms with van der Waals surface area (Å²) < 4.78 is 0. The standard InChI is InChI=1S/C21H19N3/c22-21-20-19(17-11-4-5-12-18(17)24-21)16(13-14-23-20)10-6-9-15-7-2-1-3-8-15/h1-5,7-8,11-14H,6,9-10H2,(H2,22,24). The van der Waals surface area contributed by atoms with Gasteiger partial charge in [0.05, 0.1) is 5.52 Å². The minimum absolute atomic E-state index is 0.508. The Morgan fingerprint density at radius 2 is 1.62 bits per heavy atom. The smallest absolute Gasteiger partial charge is 0.150 e. The zero-order valence-corrected chi connectivity index (χ0v) is 13.4. The van der Waals surface area contributed by atoms with E-state index in [0.29, 0.717) is 5.82 Å². The average Bonchev–Trinajstić information content (AvgIpc) is 2.63. The van der Waals surface area contributed by atoms with Crippen LogP contribution in [0.1, 0.15) is 17.5 Å². The lowest BCUT2D eigenvalue weighted by Gasteiger charge is -2.10. The van der Waals surface area contributed by atoms with Gasteiger partial charge >= 0.3 is 0 Å². The molecule has 4 aromatic rings. The van der Waals surface area contributed by atoms with E-state index in [0.717, 1.165) is 41.1 Å². The van der Waals surface area contributed by atoms with Crippen molar-refractivity contribution in [2.45, 2.75) is 19.3 Å². The molecule has 0 radical (unpaired) electrons. The van der Waals surface area contributed by atoms with Crippen LogP contribution in [0.2, 0.25) is 0 Å². The van der Waals surface area contributed by atoms with Crippen LogP contribution in [0.4, 0.5) is 5.82 Å². The molecule has 2 N–H and O–H groups in total. The van der Waals surface area contributed by atoms with Gasteiger partial charge in [0.25, 0.3) is 0 Å². The number of anilines is 1. The van der Waals surface area contributed by atoms with Crippen LogP contribution in [0.25, 0.3) is 21.8 Å². The maximum atomic E-state index is 6.14. The Balaban J connectivity index is 1.72. The highest BCUT2D eigenvalue weighted by atomic mass is 14.9.